The Morgan fingerprint density at radius 3 is 2.14 bits per heavy atom. The number of carbonyl (C=O) groups is 3. The van der Waals surface area contributed by atoms with Crippen LogP contribution in [-0.4, -0.2) is 47.2 Å². The maximum atomic E-state index is 13.0. The van der Waals surface area contributed by atoms with Crippen LogP contribution in [0.15, 0.2) is 48.5 Å². The third-order valence-corrected chi connectivity index (χ3v) is 4.66. The molecule has 2 aromatic carbocycles. The fraction of sp³-hybridized carbons (Fsp3) is 0.286. The molecule has 0 aliphatic carbocycles. The Labute approximate surface area is 162 Å². The molecule has 0 saturated carbocycles. The fourth-order valence-corrected chi connectivity index (χ4v) is 3.02. The lowest BCUT2D eigenvalue weighted by molar-refractivity contribution is -0.157. The number of rotatable bonds is 6. The van der Waals surface area contributed by atoms with Crippen LogP contribution >= 0.6 is 0 Å². The maximum absolute atomic E-state index is 13.0. The lowest BCUT2D eigenvalue weighted by atomic mass is 10.1. The smallest absolute Gasteiger partial charge is 0.312 e. The molecule has 7 heteroatoms. The van der Waals surface area contributed by atoms with E-state index in [1.165, 1.54) is 21.9 Å². The fourth-order valence-electron chi connectivity index (χ4n) is 3.02. The van der Waals surface area contributed by atoms with Crippen LogP contribution in [0.4, 0.5) is 10.1 Å². The summed E-state index contributed by atoms with van der Waals surface area (Å²) >= 11 is 0. The molecule has 0 atom stereocenters. The molecule has 0 unspecified atom stereocenters. The van der Waals surface area contributed by atoms with Crippen LogP contribution in [0.5, 0.6) is 0 Å². The highest BCUT2D eigenvalue weighted by Crippen LogP contribution is 2.13. The summed E-state index contributed by atoms with van der Waals surface area (Å²) in [6.07, 6.45) is 0.910. The maximum Gasteiger partial charge on any atom is 0.312 e. The molecule has 2 aromatic rings. The van der Waals surface area contributed by atoms with Crippen molar-refractivity contribution in [1.29, 1.82) is 0 Å². The first-order valence-electron chi connectivity index (χ1n) is 9.17. The lowest BCUT2D eigenvalue weighted by Crippen LogP contribution is -2.55. The van der Waals surface area contributed by atoms with Crippen LogP contribution in [-0.2, 0) is 27.3 Å². The molecule has 146 valence electrons. The first-order chi connectivity index (χ1) is 13.5. The van der Waals surface area contributed by atoms with Gasteiger partial charge in [-0.3, -0.25) is 14.4 Å². The molecule has 28 heavy (non-hydrogen) atoms. The average molecular weight is 383 g/mol. The van der Waals surface area contributed by atoms with Gasteiger partial charge in [0.15, 0.2) is 0 Å². The Morgan fingerprint density at radius 1 is 0.929 bits per heavy atom. The van der Waals surface area contributed by atoms with Crippen molar-refractivity contribution in [2.24, 2.45) is 0 Å². The molecule has 0 aromatic heterocycles. The van der Waals surface area contributed by atoms with Crippen LogP contribution in [0.1, 0.15) is 18.1 Å². The van der Waals surface area contributed by atoms with E-state index in [9.17, 15) is 18.8 Å². The molecule has 1 aliphatic heterocycles. The minimum absolute atomic E-state index is 0.176. The summed E-state index contributed by atoms with van der Waals surface area (Å²) in [7, 11) is 0. The van der Waals surface area contributed by atoms with Crippen molar-refractivity contribution < 1.29 is 18.8 Å². The normalized spacial score (nSPS) is 14.4. The number of amides is 3. The minimum atomic E-state index is -0.704. The number of anilines is 1. The summed E-state index contributed by atoms with van der Waals surface area (Å²) in [4.78, 5) is 39.6. The van der Waals surface area contributed by atoms with Crippen molar-refractivity contribution >= 4 is 23.4 Å². The second-order valence-electron chi connectivity index (χ2n) is 6.68. The molecule has 1 N–H and O–H groups in total. The molecular weight excluding hydrogens is 361 g/mol. The van der Waals surface area contributed by atoms with Gasteiger partial charge in [0, 0.05) is 25.3 Å². The van der Waals surface area contributed by atoms with Gasteiger partial charge < -0.3 is 15.1 Å². The predicted molar refractivity (Wildman–Crippen MR) is 103 cm³/mol. The highest BCUT2D eigenvalue weighted by atomic mass is 19.1. The van der Waals surface area contributed by atoms with Crippen molar-refractivity contribution in [3.8, 4) is 0 Å². The largest absolute Gasteiger partial charge is 0.328 e. The third-order valence-electron chi connectivity index (χ3n) is 4.66. The number of nitrogens with one attached hydrogen (secondary N) is 1. The average Bonchev–Trinajstić information content (AvgIpc) is 2.70. The summed E-state index contributed by atoms with van der Waals surface area (Å²) in [5.41, 5.74) is 2.55. The molecule has 0 spiro atoms. The zero-order valence-electron chi connectivity index (χ0n) is 15.7. The first kappa shape index (κ1) is 19.5. The second-order valence-corrected chi connectivity index (χ2v) is 6.68. The highest BCUT2D eigenvalue weighted by Gasteiger charge is 2.33. The quantitative estimate of drug-likeness (QED) is 0.778. The lowest BCUT2D eigenvalue weighted by Gasteiger charge is -2.33. The number of piperazine rings is 1. The summed E-state index contributed by atoms with van der Waals surface area (Å²) in [5, 5.41) is 2.74. The molecule has 3 amide bonds. The van der Waals surface area contributed by atoms with Gasteiger partial charge in [-0.15, -0.1) is 0 Å². The van der Waals surface area contributed by atoms with Gasteiger partial charge >= 0.3 is 11.8 Å². The Morgan fingerprint density at radius 2 is 1.50 bits per heavy atom. The highest BCUT2D eigenvalue weighted by molar-refractivity contribution is 6.35. The Hall–Kier alpha value is -3.22. The summed E-state index contributed by atoms with van der Waals surface area (Å²) < 4.78 is 13.0. The number of hydrogen-bond donors (Lipinski definition) is 1. The van der Waals surface area contributed by atoms with Gasteiger partial charge in [-0.2, -0.15) is 0 Å². The number of halogens is 1. The molecule has 1 fully saturated rings. The number of aryl methyl sites for hydroxylation is 1. The van der Waals surface area contributed by atoms with E-state index in [1.807, 2.05) is 31.2 Å². The topological polar surface area (TPSA) is 69.7 Å². The molecule has 1 aliphatic rings. The van der Waals surface area contributed by atoms with Gasteiger partial charge in [0.05, 0.1) is 0 Å². The van der Waals surface area contributed by atoms with Gasteiger partial charge in [-0.1, -0.05) is 31.2 Å². The van der Waals surface area contributed by atoms with Crippen molar-refractivity contribution in [1.82, 2.24) is 9.80 Å². The van der Waals surface area contributed by atoms with E-state index >= 15 is 0 Å². The SMILES string of the molecule is CCc1ccc(NC(=O)CN2CCN(Cc3ccc(F)cc3)C(=O)C2=O)cc1. The van der Waals surface area contributed by atoms with Gasteiger partial charge in [0.2, 0.25) is 5.91 Å². The Bertz CT molecular complexity index is 865. The second kappa shape index (κ2) is 8.65. The summed E-state index contributed by atoms with van der Waals surface area (Å²) in [6, 6.07) is 13.3. The van der Waals surface area contributed by atoms with Gasteiger partial charge in [0.25, 0.3) is 0 Å². The number of hydrogen-bond acceptors (Lipinski definition) is 3. The van der Waals surface area contributed by atoms with Crippen LogP contribution in [0.3, 0.4) is 0 Å². The van der Waals surface area contributed by atoms with Gasteiger partial charge in [-0.05, 0) is 41.8 Å². The van der Waals surface area contributed by atoms with Crippen LogP contribution in [0, 0.1) is 5.82 Å². The van der Waals surface area contributed by atoms with E-state index in [4.69, 9.17) is 0 Å². The van der Waals surface area contributed by atoms with Gasteiger partial charge in [-0.25, -0.2) is 4.39 Å². The van der Waals surface area contributed by atoms with E-state index in [0.717, 1.165) is 17.5 Å². The van der Waals surface area contributed by atoms with Crippen LogP contribution < -0.4 is 5.32 Å². The number of carbonyl (C=O) groups excluding carboxylic acids is 3. The van der Waals surface area contributed by atoms with Crippen molar-refractivity contribution in [2.45, 2.75) is 19.9 Å². The van der Waals surface area contributed by atoms with E-state index in [-0.39, 0.29) is 31.4 Å². The predicted octanol–water partition coefficient (Wildman–Crippen LogP) is 2.20. The van der Waals surface area contributed by atoms with E-state index in [2.05, 4.69) is 5.32 Å². The van der Waals surface area contributed by atoms with E-state index in [0.29, 0.717) is 12.2 Å². The molecule has 0 bridgehead atoms. The molecule has 6 nitrogen and oxygen atoms in total. The molecule has 0 radical (unpaired) electrons. The number of nitrogens with zero attached hydrogens (tertiary/aromatic N) is 2. The van der Waals surface area contributed by atoms with E-state index < -0.39 is 11.8 Å². The third kappa shape index (κ3) is 4.73. The zero-order chi connectivity index (χ0) is 20.1. The Kier molecular flexibility index (Phi) is 6.03. The van der Waals surface area contributed by atoms with Crippen molar-refractivity contribution in [2.75, 3.05) is 25.0 Å². The number of benzene rings is 2. The van der Waals surface area contributed by atoms with Crippen LogP contribution in [0.2, 0.25) is 0 Å². The first-order valence-corrected chi connectivity index (χ1v) is 9.17. The van der Waals surface area contributed by atoms with E-state index in [1.54, 1.807) is 12.1 Å². The summed E-state index contributed by atoms with van der Waals surface area (Å²) in [6.45, 7) is 2.69. The molecule has 3 rings (SSSR count). The zero-order valence-corrected chi connectivity index (χ0v) is 15.7. The van der Waals surface area contributed by atoms with Crippen molar-refractivity contribution in [3.63, 3.8) is 0 Å². The monoisotopic (exact) mass is 383 g/mol. The standard InChI is InChI=1S/C21H22FN3O3/c1-2-15-5-9-18(10-6-15)23-19(26)14-25-12-11-24(20(27)21(25)28)13-16-3-7-17(22)8-4-16/h3-10H,2,11-14H2,1H3,(H,23,26). The molecule has 1 saturated heterocycles. The molecular formula is C21H22FN3O3. The van der Waals surface area contributed by atoms with Gasteiger partial charge in [0.1, 0.15) is 12.4 Å². The minimum Gasteiger partial charge on any atom is -0.328 e. The Balaban J connectivity index is 1.54. The molecule has 1 heterocycles. The van der Waals surface area contributed by atoms with Crippen molar-refractivity contribution in [3.05, 3.63) is 65.5 Å². The van der Waals surface area contributed by atoms with Crippen LogP contribution in [0.25, 0.3) is 0 Å². The summed E-state index contributed by atoms with van der Waals surface area (Å²) in [5.74, 6) is -2.07.